The third kappa shape index (κ3) is 2.63. The number of hydrogen-bond donors (Lipinski definition) is 1. The normalized spacial score (nSPS) is 14.3. The maximum atomic E-state index is 13.5. The first-order valence-corrected chi connectivity index (χ1v) is 9.18. The summed E-state index contributed by atoms with van der Waals surface area (Å²) in [4.78, 5) is 13.5. The SMILES string of the molecule is COc1cc(O)c2c(=O)c3c(OC)c4c(c(OC)c3oc2c1OC)OC(C)(C)C=C4. The Hall–Kier alpha value is -3.55. The minimum absolute atomic E-state index is 0.0257. The molecule has 3 aromatic rings. The predicted molar refractivity (Wildman–Crippen MR) is 112 cm³/mol. The van der Waals surface area contributed by atoms with Crippen LogP contribution >= 0.6 is 0 Å². The van der Waals surface area contributed by atoms with Crippen molar-refractivity contribution in [1.82, 2.24) is 0 Å². The van der Waals surface area contributed by atoms with Crippen molar-refractivity contribution in [2.45, 2.75) is 19.4 Å². The number of aromatic hydroxyl groups is 1. The van der Waals surface area contributed by atoms with Crippen LogP contribution in [0.4, 0.5) is 0 Å². The fourth-order valence-electron chi connectivity index (χ4n) is 3.71. The van der Waals surface area contributed by atoms with E-state index in [9.17, 15) is 9.90 Å². The van der Waals surface area contributed by atoms with Crippen molar-refractivity contribution in [3.05, 3.63) is 27.9 Å². The van der Waals surface area contributed by atoms with Crippen LogP contribution in [-0.2, 0) is 0 Å². The van der Waals surface area contributed by atoms with Gasteiger partial charge < -0.3 is 33.2 Å². The summed E-state index contributed by atoms with van der Waals surface area (Å²) in [6, 6.07) is 1.30. The van der Waals surface area contributed by atoms with Crippen LogP contribution in [0.2, 0.25) is 0 Å². The molecule has 0 amide bonds. The Labute approximate surface area is 172 Å². The third-order valence-corrected chi connectivity index (χ3v) is 5.04. The summed E-state index contributed by atoms with van der Waals surface area (Å²) in [5.74, 6) is 0.977. The Balaban J connectivity index is 2.28. The molecule has 30 heavy (non-hydrogen) atoms. The number of hydrogen-bond acceptors (Lipinski definition) is 8. The number of phenols is 1. The van der Waals surface area contributed by atoms with Crippen molar-refractivity contribution in [1.29, 1.82) is 0 Å². The van der Waals surface area contributed by atoms with Gasteiger partial charge in [0, 0.05) is 6.07 Å². The van der Waals surface area contributed by atoms with Crippen LogP contribution in [0.25, 0.3) is 28.0 Å². The second kappa shape index (κ2) is 6.76. The van der Waals surface area contributed by atoms with Gasteiger partial charge in [-0.05, 0) is 26.0 Å². The second-order valence-corrected chi connectivity index (χ2v) is 7.32. The highest BCUT2D eigenvalue weighted by molar-refractivity contribution is 6.04. The summed E-state index contributed by atoms with van der Waals surface area (Å²) in [7, 11) is 5.75. The van der Waals surface area contributed by atoms with Gasteiger partial charge in [-0.1, -0.05) is 0 Å². The van der Waals surface area contributed by atoms with Gasteiger partial charge in [0.15, 0.2) is 22.7 Å². The average molecular weight is 414 g/mol. The summed E-state index contributed by atoms with van der Waals surface area (Å²) in [6.45, 7) is 3.79. The smallest absolute Gasteiger partial charge is 0.208 e. The fraction of sp³-hybridized carbons (Fsp3) is 0.318. The van der Waals surface area contributed by atoms with Gasteiger partial charge in [-0.25, -0.2) is 0 Å². The van der Waals surface area contributed by atoms with E-state index in [0.29, 0.717) is 11.3 Å². The highest BCUT2D eigenvalue weighted by Crippen LogP contribution is 2.51. The maximum Gasteiger partial charge on any atom is 0.208 e. The molecule has 0 saturated heterocycles. The largest absolute Gasteiger partial charge is 0.507 e. The zero-order valence-corrected chi connectivity index (χ0v) is 17.5. The Bertz CT molecular complexity index is 1270. The van der Waals surface area contributed by atoms with Crippen molar-refractivity contribution >= 4 is 28.0 Å². The van der Waals surface area contributed by atoms with E-state index in [4.69, 9.17) is 28.1 Å². The molecule has 1 aliphatic heterocycles. The molecule has 0 aliphatic carbocycles. The van der Waals surface area contributed by atoms with Gasteiger partial charge in [0.05, 0.1) is 34.0 Å². The van der Waals surface area contributed by atoms with Gasteiger partial charge in [0.2, 0.25) is 16.9 Å². The number of fused-ring (bicyclic) bond motifs is 3. The Morgan fingerprint density at radius 2 is 1.53 bits per heavy atom. The molecule has 158 valence electrons. The van der Waals surface area contributed by atoms with Crippen molar-refractivity contribution in [2.24, 2.45) is 0 Å². The van der Waals surface area contributed by atoms with Crippen molar-refractivity contribution < 1.29 is 33.2 Å². The van der Waals surface area contributed by atoms with Crippen molar-refractivity contribution in [3.63, 3.8) is 0 Å². The molecule has 0 unspecified atom stereocenters. The predicted octanol–water partition coefficient (Wildman–Crippen LogP) is 3.87. The van der Waals surface area contributed by atoms with Crippen LogP contribution < -0.4 is 29.1 Å². The van der Waals surface area contributed by atoms with Crippen LogP contribution in [0.5, 0.6) is 34.5 Å². The van der Waals surface area contributed by atoms with E-state index < -0.39 is 11.0 Å². The van der Waals surface area contributed by atoms with Gasteiger partial charge in [0.1, 0.15) is 27.9 Å². The molecule has 8 heteroatoms. The number of methoxy groups -OCH3 is 4. The first-order chi connectivity index (χ1) is 14.3. The lowest BCUT2D eigenvalue weighted by Gasteiger charge is -2.30. The first-order valence-electron chi connectivity index (χ1n) is 9.18. The van der Waals surface area contributed by atoms with Gasteiger partial charge in [0.25, 0.3) is 0 Å². The average Bonchev–Trinajstić information content (AvgIpc) is 2.71. The van der Waals surface area contributed by atoms with E-state index in [2.05, 4.69) is 0 Å². The Kier molecular flexibility index (Phi) is 4.45. The van der Waals surface area contributed by atoms with E-state index in [1.54, 1.807) is 0 Å². The van der Waals surface area contributed by atoms with E-state index in [-0.39, 0.29) is 50.7 Å². The lowest BCUT2D eigenvalue weighted by Crippen LogP contribution is -2.28. The zero-order chi connectivity index (χ0) is 21.8. The lowest BCUT2D eigenvalue weighted by molar-refractivity contribution is 0.151. The van der Waals surface area contributed by atoms with Crippen LogP contribution in [0.3, 0.4) is 0 Å². The number of rotatable bonds is 4. The van der Waals surface area contributed by atoms with Crippen molar-refractivity contribution in [2.75, 3.05) is 28.4 Å². The minimum Gasteiger partial charge on any atom is -0.507 e. The minimum atomic E-state index is -0.602. The summed E-state index contributed by atoms with van der Waals surface area (Å²) >= 11 is 0. The van der Waals surface area contributed by atoms with Gasteiger partial charge in [-0.2, -0.15) is 0 Å². The van der Waals surface area contributed by atoms with Crippen LogP contribution in [0.1, 0.15) is 19.4 Å². The summed E-state index contributed by atoms with van der Waals surface area (Å²) in [5.41, 5.74) is -0.413. The van der Waals surface area contributed by atoms with Crippen LogP contribution in [-0.4, -0.2) is 39.1 Å². The highest BCUT2D eigenvalue weighted by Gasteiger charge is 2.33. The fourth-order valence-corrected chi connectivity index (χ4v) is 3.71. The molecule has 0 radical (unpaired) electrons. The maximum absolute atomic E-state index is 13.5. The molecule has 1 aliphatic rings. The molecule has 0 fully saturated rings. The molecule has 1 aromatic heterocycles. The monoisotopic (exact) mass is 414 g/mol. The molecule has 0 bridgehead atoms. The quantitative estimate of drug-likeness (QED) is 0.643. The number of ether oxygens (including phenoxy) is 5. The lowest BCUT2D eigenvalue weighted by atomic mass is 9.98. The van der Waals surface area contributed by atoms with Gasteiger partial charge in [-0.3, -0.25) is 4.79 Å². The third-order valence-electron chi connectivity index (χ3n) is 5.04. The standard InChI is InChI=1S/C22H22O8/c1-22(2)8-7-10-16(26-4)14-15(24)13-11(23)9-12(25-3)18(27-5)19(13)29-20(14)21(28-6)17(10)30-22/h7-9,23H,1-6H3. The van der Waals surface area contributed by atoms with Crippen molar-refractivity contribution in [3.8, 4) is 34.5 Å². The Morgan fingerprint density at radius 1 is 0.900 bits per heavy atom. The molecule has 1 N–H and O–H groups in total. The molecular formula is C22H22O8. The highest BCUT2D eigenvalue weighted by atomic mass is 16.5. The molecule has 2 aromatic carbocycles. The summed E-state index contributed by atoms with van der Waals surface area (Å²) in [6.07, 6.45) is 3.68. The Morgan fingerprint density at radius 3 is 2.13 bits per heavy atom. The molecule has 0 spiro atoms. The first kappa shape index (κ1) is 19.8. The van der Waals surface area contributed by atoms with Gasteiger partial charge in [-0.15, -0.1) is 0 Å². The van der Waals surface area contributed by atoms with E-state index in [1.807, 2.05) is 26.0 Å². The summed E-state index contributed by atoms with van der Waals surface area (Å²) in [5, 5.41) is 10.6. The van der Waals surface area contributed by atoms with Crippen LogP contribution in [0.15, 0.2) is 21.4 Å². The molecule has 0 atom stereocenters. The molecule has 2 heterocycles. The number of benzene rings is 2. The summed E-state index contributed by atoms with van der Waals surface area (Å²) < 4.78 is 34.0. The second-order valence-electron chi connectivity index (χ2n) is 7.32. The van der Waals surface area contributed by atoms with E-state index >= 15 is 0 Å². The topological polar surface area (TPSA) is 96.6 Å². The van der Waals surface area contributed by atoms with E-state index in [1.165, 1.54) is 34.5 Å². The van der Waals surface area contributed by atoms with Gasteiger partial charge >= 0.3 is 0 Å². The van der Waals surface area contributed by atoms with E-state index in [0.717, 1.165) is 0 Å². The number of phenolic OH excluding ortho intramolecular Hbond substituents is 1. The van der Waals surface area contributed by atoms with Crippen LogP contribution in [0, 0.1) is 0 Å². The zero-order valence-electron chi connectivity index (χ0n) is 17.5. The molecular weight excluding hydrogens is 392 g/mol. The molecule has 8 nitrogen and oxygen atoms in total. The molecule has 4 rings (SSSR count). The molecule has 0 saturated carbocycles.